The van der Waals surface area contributed by atoms with Gasteiger partial charge in [-0.3, -0.25) is 0 Å². The van der Waals surface area contributed by atoms with Gasteiger partial charge in [0.1, 0.15) is 5.65 Å². The van der Waals surface area contributed by atoms with Gasteiger partial charge in [-0.05, 0) is 82.9 Å². The number of para-hydroxylation sites is 1. The Morgan fingerprint density at radius 2 is 0.786 bits per heavy atom. The van der Waals surface area contributed by atoms with Gasteiger partial charge in [-0.2, -0.15) is 0 Å². The SMILES string of the molecule is c1ccc(-c2cc3nc(-c4ccccc4)c(-c4ccc(N(c5ccccc5)c5ccc(-c6cn7ccccc7n6)cc5)cc4)nc3cc2-c2ccccc2)cc1. The van der Waals surface area contributed by atoms with Gasteiger partial charge >= 0.3 is 0 Å². The number of fused-ring (bicyclic) bond motifs is 2. The molecule has 0 amide bonds. The molecule has 0 unspecified atom stereocenters. The fraction of sp³-hybridized carbons (Fsp3) is 0. The summed E-state index contributed by atoms with van der Waals surface area (Å²) >= 11 is 0. The van der Waals surface area contributed by atoms with Crippen LogP contribution < -0.4 is 4.90 Å². The Balaban J connectivity index is 1.08. The number of imidazole rings is 1. The molecule has 56 heavy (non-hydrogen) atoms. The van der Waals surface area contributed by atoms with Gasteiger partial charge in [0.05, 0.1) is 28.1 Å². The summed E-state index contributed by atoms with van der Waals surface area (Å²) < 4.78 is 2.05. The normalized spacial score (nSPS) is 11.2. The highest BCUT2D eigenvalue weighted by Crippen LogP contribution is 2.40. The molecule has 0 N–H and O–H groups in total. The molecule has 0 bridgehead atoms. The van der Waals surface area contributed by atoms with Crippen LogP contribution in [-0.4, -0.2) is 19.4 Å². The first kappa shape index (κ1) is 33.0. The van der Waals surface area contributed by atoms with Crippen molar-refractivity contribution in [2.45, 2.75) is 0 Å². The van der Waals surface area contributed by atoms with Gasteiger partial charge in [-0.1, -0.05) is 140 Å². The summed E-state index contributed by atoms with van der Waals surface area (Å²) in [5, 5.41) is 0. The second-order valence-corrected chi connectivity index (χ2v) is 13.8. The summed E-state index contributed by atoms with van der Waals surface area (Å²) in [4.78, 5) is 17.9. The van der Waals surface area contributed by atoms with E-state index in [4.69, 9.17) is 15.0 Å². The summed E-state index contributed by atoms with van der Waals surface area (Å²) in [6.45, 7) is 0. The molecular formula is C51H35N5. The van der Waals surface area contributed by atoms with Crippen molar-refractivity contribution >= 4 is 33.7 Å². The minimum absolute atomic E-state index is 0.838. The van der Waals surface area contributed by atoms with Crippen molar-refractivity contribution in [3.8, 4) is 56.0 Å². The topological polar surface area (TPSA) is 46.3 Å². The molecule has 5 nitrogen and oxygen atoms in total. The fourth-order valence-electron chi connectivity index (χ4n) is 7.46. The van der Waals surface area contributed by atoms with E-state index in [2.05, 4.69) is 181 Å². The second kappa shape index (κ2) is 14.3. The van der Waals surface area contributed by atoms with Gasteiger partial charge in [-0.15, -0.1) is 0 Å². The van der Waals surface area contributed by atoms with Gasteiger partial charge in [0.15, 0.2) is 0 Å². The van der Waals surface area contributed by atoms with Crippen LogP contribution in [0.3, 0.4) is 0 Å². The molecule has 3 heterocycles. The van der Waals surface area contributed by atoms with E-state index in [1.807, 2.05) is 40.9 Å². The molecule has 0 aliphatic heterocycles. The molecule has 0 radical (unpaired) electrons. The number of hydrogen-bond acceptors (Lipinski definition) is 4. The number of pyridine rings is 1. The lowest BCUT2D eigenvalue weighted by atomic mass is 9.93. The van der Waals surface area contributed by atoms with E-state index in [-0.39, 0.29) is 0 Å². The third kappa shape index (κ3) is 6.27. The molecule has 10 rings (SSSR count). The molecule has 3 aromatic heterocycles. The maximum atomic E-state index is 5.40. The summed E-state index contributed by atoms with van der Waals surface area (Å²) in [5.74, 6) is 0. The first-order chi connectivity index (χ1) is 27.7. The fourth-order valence-corrected chi connectivity index (χ4v) is 7.46. The van der Waals surface area contributed by atoms with Gasteiger partial charge in [-0.25, -0.2) is 15.0 Å². The van der Waals surface area contributed by atoms with Crippen molar-refractivity contribution in [2.24, 2.45) is 0 Å². The second-order valence-electron chi connectivity index (χ2n) is 13.8. The summed E-state index contributed by atoms with van der Waals surface area (Å²) in [6, 6.07) is 69.6. The highest BCUT2D eigenvalue weighted by molar-refractivity contribution is 5.96. The lowest BCUT2D eigenvalue weighted by Crippen LogP contribution is -2.09. The minimum atomic E-state index is 0.838. The van der Waals surface area contributed by atoms with E-state index in [1.165, 1.54) is 0 Å². The van der Waals surface area contributed by atoms with Crippen molar-refractivity contribution in [1.82, 2.24) is 19.4 Å². The molecule has 0 fully saturated rings. The molecule has 0 aliphatic rings. The van der Waals surface area contributed by atoms with Gasteiger partial charge in [0, 0.05) is 46.1 Å². The monoisotopic (exact) mass is 717 g/mol. The highest BCUT2D eigenvalue weighted by atomic mass is 15.1. The van der Waals surface area contributed by atoms with Gasteiger partial charge in [0.2, 0.25) is 0 Å². The van der Waals surface area contributed by atoms with Crippen molar-refractivity contribution in [2.75, 3.05) is 4.90 Å². The molecule has 7 aromatic carbocycles. The first-order valence-electron chi connectivity index (χ1n) is 18.8. The van der Waals surface area contributed by atoms with Crippen LogP contribution in [-0.2, 0) is 0 Å². The first-order valence-corrected chi connectivity index (χ1v) is 18.8. The van der Waals surface area contributed by atoms with E-state index < -0.39 is 0 Å². The zero-order valence-corrected chi connectivity index (χ0v) is 30.4. The largest absolute Gasteiger partial charge is 0.311 e. The third-order valence-electron chi connectivity index (χ3n) is 10.2. The Bertz CT molecular complexity index is 2890. The van der Waals surface area contributed by atoms with Crippen LogP contribution in [0.2, 0.25) is 0 Å². The van der Waals surface area contributed by atoms with Crippen molar-refractivity contribution in [3.05, 3.63) is 213 Å². The maximum absolute atomic E-state index is 5.40. The van der Waals surface area contributed by atoms with E-state index in [9.17, 15) is 0 Å². The van der Waals surface area contributed by atoms with Gasteiger partial charge < -0.3 is 9.30 Å². The highest BCUT2D eigenvalue weighted by Gasteiger charge is 2.19. The number of hydrogen-bond donors (Lipinski definition) is 0. The summed E-state index contributed by atoms with van der Waals surface area (Å²) in [7, 11) is 0. The molecule has 0 aliphatic carbocycles. The summed E-state index contributed by atoms with van der Waals surface area (Å²) in [5.41, 5.74) is 16.0. The number of benzene rings is 7. The average Bonchev–Trinajstić information content (AvgIpc) is 3.72. The van der Waals surface area contributed by atoms with Crippen LogP contribution in [0.4, 0.5) is 17.1 Å². The van der Waals surface area contributed by atoms with Crippen molar-refractivity contribution in [1.29, 1.82) is 0 Å². The van der Waals surface area contributed by atoms with E-state index in [0.717, 1.165) is 89.8 Å². The predicted molar refractivity (Wildman–Crippen MR) is 230 cm³/mol. The number of aromatic nitrogens is 4. The number of nitrogens with zero attached hydrogens (tertiary/aromatic N) is 5. The van der Waals surface area contributed by atoms with Crippen LogP contribution >= 0.6 is 0 Å². The minimum Gasteiger partial charge on any atom is -0.311 e. The van der Waals surface area contributed by atoms with Crippen LogP contribution in [0.5, 0.6) is 0 Å². The van der Waals surface area contributed by atoms with Crippen LogP contribution in [0.25, 0.3) is 72.7 Å². The van der Waals surface area contributed by atoms with Crippen LogP contribution in [0.1, 0.15) is 0 Å². The molecule has 264 valence electrons. The average molecular weight is 718 g/mol. The Hall–Kier alpha value is -7.63. The molecule has 10 aromatic rings. The molecule has 0 spiro atoms. The van der Waals surface area contributed by atoms with Gasteiger partial charge in [0.25, 0.3) is 0 Å². The Kier molecular flexibility index (Phi) is 8.43. The Morgan fingerprint density at radius 1 is 0.357 bits per heavy atom. The van der Waals surface area contributed by atoms with E-state index in [1.54, 1.807) is 0 Å². The predicted octanol–water partition coefficient (Wildman–Crippen LogP) is 13.1. The molecule has 5 heteroatoms. The van der Waals surface area contributed by atoms with Crippen LogP contribution in [0.15, 0.2) is 213 Å². The lowest BCUT2D eigenvalue weighted by molar-refractivity contribution is 1.19. The molecule has 0 saturated heterocycles. The Labute approximate surface area is 325 Å². The van der Waals surface area contributed by atoms with E-state index >= 15 is 0 Å². The third-order valence-corrected chi connectivity index (χ3v) is 10.2. The summed E-state index contributed by atoms with van der Waals surface area (Å²) in [6.07, 6.45) is 4.10. The number of anilines is 3. The molecule has 0 atom stereocenters. The molecular weight excluding hydrogens is 683 g/mol. The number of rotatable bonds is 8. The quantitative estimate of drug-likeness (QED) is 0.157. The van der Waals surface area contributed by atoms with Crippen molar-refractivity contribution in [3.63, 3.8) is 0 Å². The standard InChI is InChI=1S/C51H35N5/c1-5-15-36(16-6-1)44-33-46-47(34-45(44)37-17-7-2-8-18-37)54-51(50(53-46)39-19-9-3-10-20-39)40-26-30-43(31-27-40)56(41-21-11-4-12-22-41)42-28-24-38(25-29-42)48-35-55-32-14-13-23-49(55)52-48/h1-35H. The van der Waals surface area contributed by atoms with Crippen molar-refractivity contribution < 1.29 is 0 Å². The lowest BCUT2D eigenvalue weighted by Gasteiger charge is -2.26. The zero-order chi connectivity index (χ0) is 37.3. The zero-order valence-electron chi connectivity index (χ0n) is 30.4. The van der Waals surface area contributed by atoms with Crippen LogP contribution in [0, 0.1) is 0 Å². The molecule has 0 saturated carbocycles. The maximum Gasteiger partial charge on any atom is 0.137 e. The smallest absolute Gasteiger partial charge is 0.137 e. The Morgan fingerprint density at radius 3 is 1.30 bits per heavy atom. The van der Waals surface area contributed by atoms with E-state index in [0.29, 0.717) is 0 Å².